The summed E-state index contributed by atoms with van der Waals surface area (Å²) in [5.41, 5.74) is 2.10. The Morgan fingerprint density at radius 1 is 1.29 bits per heavy atom. The maximum atomic E-state index is 9.74. The molecule has 1 aliphatic carbocycles. The van der Waals surface area contributed by atoms with Crippen LogP contribution in [0.25, 0.3) is 6.08 Å². The molecule has 0 unspecified atom stereocenters. The van der Waals surface area contributed by atoms with Crippen molar-refractivity contribution in [3.63, 3.8) is 0 Å². The zero-order chi connectivity index (χ0) is 15.1. The van der Waals surface area contributed by atoms with Crippen molar-refractivity contribution in [2.75, 3.05) is 20.3 Å². The number of ether oxygens (including phenoxy) is 2. The highest BCUT2D eigenvalue weighted by atomic mass is 16.5. The van der Waals surface area contributed by atoms with E-state index in [9.17, 15) is 5.11 Å². The van der Waals surface area contributed by atoms with E-state index in [4.69, 9.17) is 9.47 Å². The molecule has 0 amide bonds. The molecule has 3 nitrogen and oxygen atoms in total. The van der Waals surface area contributed by atoms with Gasteiger partial charge in [0.2, 0.25) is 0 Å². The first-order valence-corrected chi connectivity index (χ1v) is 7.91. The van der Waals surface area contributed by atoms with Crippen LogP contribution in [-0.4, -0.2) is 25.4 Å². The molecule has 1 N–H and O–H groups in total. The van der Waals surface area contributed by atoms with Gasteiger partial charge in [-0.25, -0.2) is 0 Å². The van der Waals surface area contributed by atoms with Gasteiger partial charge in [-0.05, 0) is 43.4 Å². The van der Waals surface area contributed by atoms with E-state index < -0.39 is 0 Å². The molecule has 0 saturated heterocycles. The van der Waals surface area contributed by atoms with Gasteiger partial charge in [-0.2, -0.15) is 0 Å². The van der Waals surface area contributed by atoms with Gasteiger partial charge in [-0.15, -0.1) is 0 Å². The van der Waals surface area contributed by atoms with E-state index in [0.29, 0.717) is 12.5 Å². The van der Waals surface area contributed by atoms with Crippen LogP contribution in [0, 0.1) is 5.92 Å². The predicted octanol–water partition coefficient (Wildman–Crippen LogP) is 4.05. The molecule has 0 aromatic heterocycles. The van der Waals surface area contributed by atoms with Gasteiger partial charge in [0.15, 0.2) is 11.5 Å². The Balaban J connectivity index is 2.30. The fraction of sp³-hybridized carbons (Fsp3) is 0.556. The van der Waals surface area contributed by atoms with Gasteiger partial charge in [0.05, 0.1) is 20.3 Å². The van der Waals surface area contributed by atoms with Crippen molar-refractivity contribution in [2.45, 2.75) is 39.0 Å². The van der Waals surface area contributed by atoms with Crippen LogP contribution in [0.4, 0.5) is 0 Å². The molecule has 0 aliphatic heterocycles. The minimum absolute atomic E-state index is 0.118. The minimum atomic E-state index is 0.118. The first-order chi connectivity index (χ1) is 10.3. The Bertz CT molecular complexity index is 473. The molecule has 1 aromatic carbocycles. The van der Waals surface area contributed by atoms with E-state index in [1.54, 1.807) is 7.11 Å². The fourth-order valence-corrected chi connectivity index (χ4v) is 3.10. The fourth-order valence-electron chi connectivity index (χ4n) is 3.10. The maximum Gasteiger partial charge on any atom is 0.167 e. The number of hydrogen-bond acceptors (Lipinski definition) is 3. The van der Waals surface area contributed by atoms with Gasteiger partial charge >= 0.3 is 0 Å². The number of aliphatic hydroxyl groups excluding tert-OH is 1. The molecule has 0 heterocycles. The van der Waals surface area contributed by atoms with Gasteiger partial charge in [0, 0.05) is 5.56 Å². The summed E-state index contributed by atoms with van der Waals surface area (Å²) in [6.45, 7) is 2.69. The standard InChI is InChI=1S/C18H26O3/c1-3-21-17-11-7-10-15(18(17)20-2)12-16(13-19)14-8-5-4-6-9-14/h7,10-12,14,19H,3-6,8-9,13H2,1-2H3/b16-12-. The minimum Gasteiger partial charge on any atom is -0.492 e. The first-order valence-electron chi connectivity index (χ1n) is 7.91. The molecular formula is C18H26O3. The SMILES string of the molecule is CCOc1cccc(/C=C(/CO)C2CCCCC2)c1OC. The lowest BCUT2D eigenvalue weighted by Crippen LogP contribution is -2.11. The highest BCUT2D eigenvalue weighted by Crippen LogP contribution is 2.35. The number of para-hydroxylation sites is 1. The third kappa shape index (κ3) is 4.01. The van der Waals surface area contributed by atoms with Crippen LogP contribution in [0.1, 0.15) is 44.6 Å². The average molecular weight is 290 g/mol. The molecule has 0 atom stereocenters. The van der Waals surface area contributed by atoms with Crippen LogP contribution in [0.15, 0.2) is 23.8 Å². The quantitative estimate of drug-likeness (QED) is 0.859. The molecule has 116 valence electrons. The smallest absolute Gasteiger partial charge is 0.167 e. The lowest BCUT2D eigenvalue weighted by molar-refractivity contribution is 0.294. The highest BCUT2D eigenvalue weighted by Gasteiger charge is 2.18. The van der Waals surface area contributed by atoms with Crippen LogP contribution in [0.5, 0.6) is 11.5 Å². The van der Waals surface area contributed by atoms with E-state index in [0.717, 1.165) is 22.6 Å². The van der Waals surface area contributed by atoms with Gasteiger partial charge < -0.3 is 14.6 Å². The van der Waals surface area contributed by atoms with Crippen molar-refractivity contribution in [1.82, 2.24) is 0 Å². The summed E-state index contributed by atoms with van der Waals surface area (Å²) in [5, 5.41) is 9.74. The zero-order valence-corrected chi connectivity index (χ0v) is 13.1. The van der Waals surface area contributed by atoms with Crippen LogP contribution in [0.2, 0.25) is 0 Å². The molecule has 2 rings (SSSR count). The average Bonchev–Trinajstić information content (AvgIpc) is 2.54. The topological polar surface area (TPSA) is 38.7 Å². The van der Waals surface area contributed by atoms with Crippen molar-refractivity contribution in [1.29, 1.82) is 0 Å². The molecule has 21 heavy (non-hydrogen) atoms. The van der Waals surface area contributed by atoms with Crippen LogP contribution >= 0.6 is 0 Å². The Labute approximate surface area is 127 Å². The van der Waals surface area contributed by atoms with E-state index in [1.807, 2.05) is 25.1 Å². The number of rotatable bonds is 6. The van der Waals surface area contributed by atoms with E-state index in [1.165, 1.54) is 32.1 Å². The van der Waals surface area contributed by atoms with Gasteiger partial charge in [0.1, 0.15) is 0 Å². The van der Waals surface area contributed by atoms with Crippen molar-refractivity contribution >= 4 is 6.08 Å². The van der Waals surface area contributed by atoms with Crippen molar-refractivity contribution in [2.24, 2.45) is 5.92 Å². The van der Waals surface area contributed by atoms with Crippen LogP contribution in [-0.2, 0) is 0 Å². The van der Waals surface area contributed by atoms with E-state index in [2.05, 4.69) is 6.08 Å². The van der Waals surface area contributed by atoms with Gasteiger partial charge in [-0.3, -0.25) is 0 Å². The summed E-state index contributed by atoms with van der Waals surface area (Å²) < 4.78 is 11.1. The van der Waals surface area contributed by atoms with Crippen molar-refractivity contribution in [3.8, 4) is 11.5 Å². The first kappa shape index (κ1) is 15.9. The van der Waals surface area contributed by atoms with E-state index in [-0.39, 0.29) is 6.61 Å². The molecule has 1 saturated carbocycles. The van der Waals surface area contributed by atoms with Crippen LogP contribution < -0.4 is 9.47 Å². The molecule has 3 heteroatoms. The summed E-state index contributed by atoms with van der Waals surface area (Å²) >= 11 is 0. The Morgan fingerprint density at radius 2 is 2.05 bits per heavy atom. The largest absolute Gasteiger partial charge is 0.492 e. The van der Waals surface area contributed by atoms with Gasteiger partial charge in [-0.1, -0.05) is 31.4 Å². The number of hydrogen-bond donors (Lipinski definition) is 1. The second kappa shape index (κ2) is 8.08. The summed E-state index contributed by atoms with van der Waals surface area (Å²) in [5.74, 6) is 2.01. The van der Waals surface area contributed by atoms with Crippen molar-refractivity contribution < 1.29 is 14.6 Å². The normalized spacial score (nSPS) is 16.8. The Hall–Kier alpha value is -1.48. The third-order valence-electron chi connectivity index (χ3n) is 4.17. The summed E-state index contributed by atoms with van der Waals surface area (Å²) in [6.07, 6.45) is 8.28. The highest BCUT2D eigenvalue weighted by molar-refractivity contribution is 5.64. The van der Waals surface area contributed by atoms with E-state index >= 15 is 0 Å². The van der Waals surface area contributed by atoms with Gasteiger partial charge in [0.25, 0.3) is 0 Å². The maximum absolute atomic E-state index is 9.74. The molecule has 0 bridgehead atoms. The molecule has 1 aromatic rings. The Morgan fingerprint density at radius 3 is 2.67 bits per heavy atom. The third-order valence-corrected chi connectivity index (χ3v) is 4.17. The van der Waals surface area contributed by atoms with Crippen molar-refractivity contribution in [3.05, 3.63) is 29.3 Å². The summed E-state index contributed by atoms with van der Waals surface area (Å²) in [6, 6.07) is 5.90. The lowest BCUT2D eigenvalue weighted by Gasteiger charge is -2.24. The monoisotopic (exact) mass is 290 g/mol. The molecule has 0 radical (unpaired) electrons. The molecule has 0 spiro atoms. The molecular weight excluding hydrogens is 264 g/mol. The van der Waals surface area contributed by atoms with Crippen LogP contribution in [0.3, 0.4) is 0 Å². The number of aliphatic hydroxyl groups is 1. The summed E-state index contributed by atoms with van der Waals surface area (Å²) in [7, 11) is 1.66. The Kier molecular flexibility index (Phi) is 6.12. The zero-order valence-electron chi connectivity index (χ0n) is 13.1. The molecule has 1 aliphatic rings. The summed E-state index contributed by atoms with van der Waals surface area (Å²) in [4.78, 5) is 0. The molecule has 1 fully saturated rings. The second-order valence-electron chi connectivity index (χ2n) is 5.52. The number of benzene rings is 1. The second-order valence-corrected chi connectivity index (χ2v) is 5.52. The lowest BCUT2D eigenvalue weighted by atomic mass is 9.83. The number of methoxy groups -OCH3 is 1. The predicted molar refractivity (Wildman–Crippen MR) is 85.8 cm³/mol.